The predicted octanol–water partition coefficient (Wildman–Crippen LogP) is 1.58. The van der Waals surface area contributed by atoms with Crippen LogP contribution in [0.15, 0.2) is 4.42 Å². The maximum atomic E-state index is 11.8. The molecule has 5 heteroatoms. The summed E-state index contributed by atoms with van der Waals surface area (Å²) in [6, 6.07) is 0.0954. The zero-order valence-corrected chi connectivity index (χ0v) is 11.3. The summed E-state index contributed by atoms with van der Waals surface area (Å²) in [6.07, 6.45) is 1.98. The van der Waals surface area contributed by atoms with Crippen LogP contribution in [-0.4, -0.2) is 34.9 Å². The number of carbonyl (C=O) groups is 1. The Labute approximate surface area is 108 Å². The Morgan fingerprint density at radius 3 is 3.00 bits per heavy atom. The normalized spacial score (nSPS) is 15.8. The Hall–Kier alpha value is -1.36. The van der Waals surface area contributed by atoms with Crippen LogP contribution in [0.5, 0.6) is 0 Å². The third-order valence-electron chi connectivity index (χ3n) is 2.96. The molecule has 1 aliphatic rings. The molecular formula is C13H21N3O2. The molecule has 0 unspecified atom stereocenters. The molecule has 5 nitrogen and oxygen atoms in total. The van der Waals surface area contributed by atoms with Gasteiger partial charge in [-0.25, -0.2) is 4.98 Å². The minimum Gasteiger partial charge on any atom is -0.437 e. The lowest BCUT2D eigenvalue weighted by Crippen LogP contribution is -2.31. The fourth-order valence-electron chi connectivity index (χ4n) is 2.18. The summed E-state index contributed by atoms with van der Waals surface area (Å²) in [5, 5.41) is 2.80. The van der Waals surface area contributed by atoms with E-state index < -0.39 is 0 Å². The van der Waals surface area contributed by atoms with Crippen molar-refractivity contribution in [3.05, 3.63) is 17.3 Å². The maximum absolute atomic E-state index is 11.8. The van der Waals surface area contributed by atoms with Gasteiger partial charge in [-0.05, 0) is 26.8 Å². The van der Waals surface area contributed by atoms with Crippen LogP contribution in [-0.2, 0) is 13.0 Å². The van der Waals surface area contributed by atoms with Gasteiger partial charge in [-0.3, -0.25) is 9.69 Å². The van der Waals surface area contributed by atoms with Crippen LogP contribution in [0.1, 0.15) is 49.3 Å². The van der Waals surface area contributed by atoms with E-state index in [9.17, 15) is 4.79 Å². The molecule has 0 saturated heterocycles. The molecule has 0 atom stereocenters. The average molecular weight is 251 g/mol. The van der Waals surface area contributed by atoms with Gasteiger partial charge in [0.15, 0.2) is 0 Å². The zero-order valence-electron chi connectivity index (χ0n) is 11.3. The number of nitrogens with one attached hydrogen (secondary N) is 1. The van der Waals surface area contributed by atoms with Crippen molar-refractivity contribution in [2.24, 2.45) is 0 Å². The highest BCUT2D eigenvalue weighted by molar-refractivity contribution is 5.89. The fourth-order valence-corrected chi connectivity index (χ4v) is 2.18. The van der Waals surface area contributed by atoms with Crippen LogP contribution in [0.2, 0.25) is 0 Å². The minimum atomic E-state index is -0.221. The number of carbonyl (C=O) groups excluding carboxylic acids is 1. The van der Waals surface area contributed by atoms with Crippen molar-refractivity contribution in [2.75, 3.05) is 13.1 Å². The Balaban J connectivity index is 2.07. The highest BCUT2D eigenvalue weighted by atomic mass is 16.4. The van der Waals surface area contributed by atoms with Gasteiger partial charge in [0.1, 0.15) is 5.76 Å². The van der Waals surface area contributed by atoms with Crippen LogP contribution >= 0.6 is 0 Å². The topological polar surface area (TPSA) is 58.4 Å². The fraction of sp³-hybridized carbons (Fsp3) is 0.692. The number of oxazole rings is 1. The van der Waals surface area contributed by atoms with E-state index in [1.54, 1.807) is 0 Å². The first-order valence-corrected chi connectivity index (χ1v) is 6.62. The molecule has 0 aromatic carbocycles. The molecular weight excluding hydrogens is 230 g/mol. The second-order valence-corrected chi connectivity index (χ2v) is 5.04. The third-order valence-corrected chi connectivity index (χ3v) is 2.96. The number of rotatable bonds is 4. The molecule has 1 aromatic rings. The predicted molar refractivity (Wildman–Crippen MR) is 68.4 cm³/mol. The van der Waals surface area contributed by atoms with Crippen molar-refractivity contribution in [2.45, 2.75) is 46.2 Å². The van der Waals surface area contributed by atoms with Crippen molar-refractivity contribution >= 4 is 5.91 Å². The lowest BCUT2D eigenvalue weighted by atomic mass is 10.1. The van der Waals surface area contributed by atoms with Gasteiger partial charge in [0, 0.05) is 25.6 Å². The number of aromatic nitrogens is 1. The number of amides is 1. The summed E-state index contributed by atoms with van der Waals surface area (Å²) >= 11 is 0. The van der Waals surface area contributed by atoms with Gasteiger partial charge in [0.25, 0.3) is 5.89 Å². The molecule has 2 heterocycles. The number of hydrogen-bond acceptors (Lipinski definition) is 4. The zero-order chi connectivity index (χ0) is 13.1. The van der Waals surface area contributed by atoms with Crippen molar-refractivity contribution in [3.8, 4) is 0 Å². The maximum Gasteiger partial charge on any atom is 0.307 e. The SMILES string of the molecule is CCCN1CCc2oc(C(=O)NC(C)C)nc2C1. The van der Waals surface area contributed by atoms with Crippen LogP contribution in [0.3, 0.4) is 0 Å². The third kappa shape index (κ3) is 2.90. The highest BCUT2D eigenvalue weighted by Gasteiger charge is 2.24. The van der Waals surface area contributed by atoms with Crippen LogP contribution in [0.25, 0.3) is 0 Å². The van der Waals surface area contributed by atoms with Gasteiger partial charge in [-0.15, -0.1) is 0 Å². The van der Waals surface area contributed by atoms with E-state index in [0.717, 1.165) is 43.9 Å². The molecule has 0 saturated carbocycles. The Morgan fingerprint density at radius 1 is 1.56 bits per heavy atom. The quantitative estimate of drug-likeness (QED) is 0.882. The smallest absolute Gasteiger partial charge is 0.307 e. The Morgan fingerprint density at radius 2 is 2.33 bits per heavy atom. The highest BCUT2D eigenvalue weighted by Crippen LogP contribution is 2.19. The molecule has 18 heavy (non-hydrogen) atoms. The first kappa shape index (κ1) is 13.1. The van der Waals surface area contributed by atoms with Crippen LogP contribution in [0.4, 0.5) is 0 Å². The molecule has 1 amide bonds. The molecule has 0 radical (unpaired) electrons. The first-order valence-electron chi connectivity index (χ1n) is 6.62. The molecule has 0 spiro atoms. The molecule has 0 aliphatic carbocycles. The van der Waals surface area contributed by atoms with Crippen LogP contribution < -0.4 is 5.32 Å². The van der Waals surface area contributed by atoms with Gasteiger partial charge < -0.3 is 9.73 Å². The summed E-state index contributed by atoms with van der Waals surface area (Å²) in [4.78, 5) is 18.5. The number of nitrogens with zero attached hydrogens (tertiary/aromatic N) is 2. The minimum absolute atomic E-state index is 0.0954. The Bertz CT molecular complexity index is 426. The molecule has 100 valence electrons. The molecule has 1 aromatic heterocycles. The van der Waals surface area contributed by atoms with E-state index in [1.165, 1.54) is 0 Å². The van der Waals surface area contributed by atoms with E-state index >= 15 is 0 Å². The summed E-state index contributed by atoms with van der Waals surface area (Å²) in [7, 11) is 0. The standard InChI is InChI=1S/C13H21N3O2/c1-4-6-16-7-5-11-10(8-16)15-13(18-11)12(17)14-9(2)3/h9H,4-8H2,1-3H3,(H,14,17). The average Bonchev–Trinajstić information content (AvgIpc) is 2.71. The van der Waals surface area contributed by atoms with E-state index in [2.05, 4.69) is 22.1 Å². The van der Waals surface area contributed by atoms with E-state index in [4.69, 9.17) is 4.42 Å². The van der Waals surface area contributed by atoms with E-state index in [0.29, 0.717) is 0 Å². The number of hydrogen-bond donors (Lipinski definition) is 1. The second kappa shape index (κ2) is 5.52. The van der Waals surface area contributed by atoms with E-state index in [1.807, 2.05) is 13.8 Å². The van der Waals surface area contributed by atoms with Gasteiger partial charge >= 0.3 is 5.91 Å². The second-order valence-electron chi connectivity index (χ2n) is 5.04. The summed E-state index contributed by atoms with van der Waals surface area (Å²) in [5.41, 5.74) is 0.920. The first-order chi connectivity index (χ1) is 8.60. The van der Waals surface area contributed by atoms with E-state index in [-0.39, 0.29) is 17.8 Å². The van der Waals surface area contributed by atoms with Gasteiger partial charge in [-0.1, -0.05) is 6.92 Å². The Kier molecular flexibility index (Phi) is 4.01. The van der Waals surface area contributed by atoms with Gasteiger partial charge in [0.2, 0.25) is 0 Å². The van der Waals surface area contributed by atoms with Gasteiger partial charge in [0.05, 0.1) is 5.69 Å². The van der Waals surface area contributed by atoms with Crippen molar-refractivity contribution in [1.29, 1.82) is 0 Å². The lowest BCUT2D eigenvalue weighted by molar-refractivity contribution is 0.0906. The van der Waals surface area contributed by atoms with Crippen LogP contribution in [0, 0.1) is 0 Å². The molecule has 0 fully saturated rings. The molecule has 0 bridgehead atoms. The molecule has 1 N–H and O–H groups in total. The summed E-state index contributed by atoms with van der Waals surface area (Å²) in [6.45, 7) is 8.86. The molecule has 2 rings (SSSR count). The summed E-state index contributed by atoms with van der Waals surface area (Å²) < 4.78 is 5.55. The van der Waals surface area contributed by atoms with Crippen molar-refractivity contribution in [3.63, 3.8) is 0 Å². The molecule has 1 aliphatic heterocycles. The number of fused-ring (bicyclic) bond motifs is 1. The monoisotopic (exact) mass is 251 g/mol. The lowest BCUT2D eigenvalue weighted by Gasteiger charge is -2.24. The van der Waals surface area contributed by atoms with Crippen molar-refractivity contribution < 1.29 is 9.21 Å². The van der Waals surface area contributed by atoms with Crippen molar-refractivity contribution in [1.82, 2.24) is 15.2 Å². The largest absolute Gasteiger partial charge is 0.437 e. The van der Waals surface area contributed by atoms with Gasteiger partial charge in [-0.2, -0.15) is 0 Å². The summed E-state index contributed by atoms with van der Waals surface area (Å²) in [5.74, 6) is 0.852.